The molecule has 1 aromatic carbocycles. The van der Waals surface area contributed by atoms with Crippen molar-refractivity contribution in [3.63, 3.8) is 0 Å². The molecule has 1 amide bonds. The summed E-state index contributed by atoms with van der Waals surface area (Å²) in [7, 11) is -7.12. The smallest absolute Gasteiger partial charge is 0.240 e. The van der Waals surface area contributed by atoms with Gasteiger partial charge in [-0.25, -0.2) is 21.6 Å². The Kier molecular flexibility index (Phi) is 7.22. The molecule has 0 unspecified atom stereocenters. The minimum Gasteiger partial charge on any atom is -0.468 e. The minimum atomic E-state index is -3.76. The number of furan rings is 1. The molecule has 0 saturated carbocycles. The first-order valence-corrected chi connectivity index (χ1v) is 13.0. The largest absolute Gasteiger partial charge is 0.468 e. The van der Waals surface area contributed by atoms with Gasteiger partial charge in [0.1, 0.15) is 11.5 Å². The molecular formula is C19H23ClN2O6S2. The normalized spacial score (nSPS) is 16.0. The van der Waals surface area contributed by atoms with Crippen molar-refractivity contribution < 1.29 is 26.0 Å². The summed E-state index contributed by atoms with van der Waals surface area (Å²) in [6.07, 6.45) is 2.13. The fourth-order valence-electron chi connectivity index (χ4n) is 3.34. The lowest BCUT2D eigenvalue weighted by atomic mass is 10.1. The predicted octanol–water partition coefficient (Wildman–Crippen LogP) is 2.21. The molecule has 2 heterocycles. The van der Waals surface area contributed by atoms with Gasteiger partial charge in [0.15, 0.2) is 9.84 Å². The molecule has 11 heteroatoms. The molecule has 8 nitrogen and oxygen atoms in total. The molecule has 1 fully saturated rings. The average molecular weight is 475 g/mol. The standard InChI is InChI=1S/C19H23ClN2O6S2/c20-15-3-1-5-18(13-15)30(26,27)21-9-6-19(23)22-10-7-17(8-11-22)29(24,25)14-16-4-2-12-28-16/h1-5,12-13,17,21H,6-11,14H2. The maximum Gasteiger partial charge on any atom is 0.240 e. The number of halogens is 1. The Morgan fingerprint density at radius 1 is 1.13 bits per heavy atom. The summed E-state index contributed by atoms with van der Waals surface area (Å²) in [5.74, 6) is 0.0374. The van der Waals surface area contributed by atoms with E-state index < -0.39 is 25.1 Å². The number of nitrogens with one attached hydrogen (secondary N) is 1. The van der Waals surface area contributed by atoms with Crippen molar-refractivity contribution in [2.75, 3.05) is 19.6 Å². The van der Waals surface area contributed by atoms with Crippen molar-refractivity contribution in [2.45, 2.75) is 35.2 Å². The Morgan fingerprint density at radius 3 is 2.50 bits per heavy atom. The average Bonchev–Trinajstić information content (AvgIpc) is 3.20. The van der Waals surface area contributed by atoms with Crippen molar-refractivity contribution >= 4 is 37.4 Å². The molecule has 2 aromatic rings. The van der Waals surface area contributed by atoms with Crippen LogP contribution in [0.4, 0.5) is 0 Å². The highest BCUT2D eigenvalue weighted by molar-refractivity contribution is 7.91. The third kappa shape index (κ3) is 5.84. The number of amides is 1. The summed E-state index contributed by atoms with van der Waals surface area (Å²) in [4.78, 5) is 14.0. The number of rotatable bonds is 8. The topological polar surface area (TPSA) is 114 Å². The number of nitrogens with zero attached hydrogens (tertiary/aromatic N) is 1. The van der Waals surface area contributed by atoms with Crippen molar-refractivity contribution in [1.29, 1.82) is 0 Å². The number of likely N-dealkylation sites (tertiary alicyclic amines) is 1. The lowest BCUT2D eigenvalue weighted by Gasteiger charge is -2.31. The number of carbonyl (C=O) groups is 1. The van der Waals surface area contributed by atoms with Gasteiger partial charge in [0.25, 0.3) is 0 Å². The molecule has 1 N–H and O–H groups in total. The van der Waals surface area contributed by atoms with E-state index in [0.717, 1.165) is 0 Å². The Labute approximate surface area is 181 Å². The number of carbonyl (C=O) groups excluding carboxylic acids is 1. The van der Waals surface area contributed by atoms with E-state index in [2.05, 4.69) is 4.72 Å². The maximum atomic E-state index is 12.5. The van der Waals surface area contributed by atoms with Crippen LogP contribution in [0.15, 0.2) is 52.0 Å². The zero-order valence-corrected chi connectivity index (χ0v) is 18.5. The second-order valence-electron chi connectivity index (χ2n) is 7.07. The van der Waals surface area contributed by atoms with E-state index in [1.807, 2.05) is 0 Å². The Balaban J connectivity index is 1.46. The van der Waals surface area contributed by atoms with E-state index in [9.17, 15) is 21.6 Å². The Hall–Kier alpha value is -1.88. The first kappa shape index (κ1) is 22.8. The minimum absolute atomic E-state index is 0.0103. The van der Waals surface area contributed by atoms with Crippen molar-refractivity contribution in [3.05, 3.63) is 53.4 Å². The molecule has 1 aliphatic rings. The molecule has 0 atom stereocenters. The highest BCUT2D eigenvalue weighted by Crippen LogP contribution is 2.22. The van der Waals surface area contributed by atoms with E-state index >= 15 is 0 Å². The monoisotopic (exact) mass is 474 g/mol. The third-order valence-electron chi connectivity index (χ3n) is 4.96. The quantitative estimate of drug-likeness (QED) is 0.627. The van der Waals surface area contributed by atoms with Gasteiger partial charge in [-0.3, -0.25) is 4.79 Å². The predicted molar refractivity (Wildman–Crippen MR) is 112 cm³/mol. The van der Waals surface area contributed by atoms with E-state index in [1.54, 1.807) is 23.1 Å². The fraction of sp³-hybridized carbons (Fsp3) is 0.421. The zero-order valence-electron chi connectivity index (χ0n) is 16.2. The molecule has 1 aromatic heterocycles. The van der Waals surface area contributed by atoms with Crippen molar-refractivity contribution in [3.8, 4) is 0 Å². The van der Waals surface area contributed by atoms with E-state index in [-0.39, 0.29) is 29.5 Å². The molecule has 0 spiro atoms. The zero-order chi connectivity index (χ0) is 21.8. The molecule has 1 saturated heterocycles. The second kappa shape index (κ2) is 9.51. The van der Waals surface area contributed by atoms with Gasteiger partial charge in [-0.2, -0.15) is 0 Å². The molecule has 1 aliphatic heterocycles. The van der Waals surface area contributed by atoms with Crippen LogP contribution >= 0.6 is 11.6 Å². The van der Waals surface area contributed by atoms with Gasteiger partial charge in [0.2, 0.25) is 15.9 Å². The fourth-order valence-corrected chi connectivity index (χ4v) is 6.40. The van der Waals surface area contributed by atoms with E-state index in [4.69, 9.17) is 16.0 Å². The lowest BCUT2D eigenvalue weighted by molar-refractivity contribution is -0.131. The Bertz CT molecular complexity index is 1080. The van der Waals surface area contributed by atoms with Crippen LogP contribution in [0, 0.1) is 0 Å². The van der Waals surface area contributed by atoms with Crippen LogP contribution in [0.1, 0.15) is 25.0 Å². The Morgan fingerprint density at radius 2 is 1.87 bits per heavy atom. The summed E-state index contributed by atoms with van der Waals surface area (Å²) < 4.78 is 57.1. The molecular weight excluding hydrogens is 452 g/mol. The van der Waals surface area contributed by atoms with Gasteiger partial charge < -0.3 is 9.32 Å². The van der Waals surface area contributed by atoms with E-state index in [1.165, 1.54) is 24.5 Å². The lowest BCUT2D eigenvalue weighted by Crippen LogP contribution is -2.43. The summed E-state index contributed by atoms with van der Waals surface area (Å²) >= 11 is 5.82. The van der Waals surface area contributed by atoms with Crippen LogP contribution in [-0.4, -0.2) is 52.5 Å². The number of sulfonamides is 1. The molecule has 30 heavy (non-hydrogen) atoms. The molecule has 164 valence electrons. The number of sulfone groups is 1. The molecule has 3 rings (SSSR count). The van der Waals surface area contributed by atoms with Gasteiger partial charge in [-0.1, -0.05) is 17.7 Å². The highest BCUT2D eigenvalue weighted by atomic mass is 35.5. The van der Waals surface area contributed by atoms with Crippen molar-refractivity contribution in [2.24, 2.45) is 0 Å². The van der Waals surface area contributed by atoms with E-state index in [0.29, 0.717) is 36.7 Å². The molecule has 0 bridgehead atoms. The number of hydrogen-bond acceptors (Lipinski definition) is 6. The maximum absolute atomic E-state index is 12.5. The SMILES string of the molecule is O=C(CCNS(=O)(=O)c1cccc(Cl)c1)N1CCC(S(=O)(=O)Cc2ccco2)CC1. The van der Waals surface area contributed by atoms with Gasteiger partial charge >= 0.3 is 0 Å². The molecule has 0 radical (unpaired) electrons. The first-order chi connectivity index (χ1) is 14.2. The summed E-state index contributed by atoms with van der Waals surface area (Å²) in [5, 5.41) is -0.216. The summed E-state index contributed by atoms with van der Waals surface area (Å²) in [6, 6.07) is 9.13. The van der Waals surface area contributed by atoms with Gasteiger partial charge in [-0.15, -0.1) is 0 Å². The van der Waals surface area contributed by atoms with Crippen LogP contribution < -0.4 is 4.72 Å². The van der Waals surface area contributed by atoms with Crippen LogP contribution in [0.5, 0.6) is 0 Å². The third-order valence-corrected chi connectivity index (χ3v) is 8.83. The van der Waals surface area contributed by atoms with Gasteiger partial charge in [0, 0.05) is 31.1 Å². The summed E-state index contributed by atoms with van der Waals surface area (Å²) in [5.41, 5.74) is 0. The van der Waals surface area contributed by atoms with Crippen LogP contribution in [0.25, 0.3) is 0 Å². The second-order valence-corrected chi connectivity index (χ2v) is 11.6. The van der Waals surface area contributed by atoms with Crippen molar-refractivity contribution in [1.82, 2.24) is 9.62 Å². The van der Waals surface area contributed by atoms with Crippen LogP contribution in [0.2, 0.25) is 5.02 Å². The van der Waals surface area contributed by atoms with Gasteiger partial charge in [-0.05, 0) is 43.2 Å². The van der Waals surface area contributed by atoms with Crippen LogP contribution in [0.3, 0.4) is 0 Å². The number of benzene rings is 1. The van der Waals surface area contributed by atoms with Crippen LogP contribution in [-0.2, 0) is 30.4 Å². The van der Waals surface area contributed by atoms with Gasteiger partial charge in [0.05, 0.1) is 16.4 Å². The first-order valence-electron chi connectivity index (χ1n) is 9.44. The highest BCUT2D eigenvalue weighted by Gasteiger charge is 2.32. The molecule has 0 aliphatic carbocycles. The number of piperidine rings is 1. The summed E-state index contributed by atoms with van der Waals surface area (Å²) in [6.45, 7) is 0.592. The number of hydrogen-bond donors (Lipinski definition) is 1.